The molecule has 1 atom stereocenters. The van der Waals surface area contributed by atoms with Crippen molar-refractivity contribution in [3.05, 3.63) is 29.6 Å². The number of carbonyl (C=O) groups is 1. The second-order valence-corrected chi connectivity index (χ2v) is 6.04. The van der Waals surface area contributed by atoms with E-state index in [2.05, 4.69) is 13.8 Å². The van der Waals surface area contributed by atoms with E-state index in [1.54, 1.807) is 0 Å². The number of halogens is 1. The van der Waals surface area contributed by atoms with Crippen LogP contribution in [0.3, 0.4) is 0 Å². The van der Waals surface area contributed by atoms with E-state index in [0.29, 0.717) is 36.9 Å². The lowest BCUT2D eigenvalue weighted by atomic mass is 10.0. The first kappa shape index (κ1) is 18.7. The summed E-state index contributed by atoms with van der Waals surface area (Å²) in [7, 11) is 0. The summed E-state index contributed by atoms with van der Waals surface area (Å²) in [6, 6.07) is 5.12. The van der Waals surface area contributed by atoms with E-state index >= 15 is 0 Å². The molecule has 0 radical (unpaired) electrons. The van der Waals surface area contributed by atoms with E-state index in [-0.39, 0.29) is 5.82 Å². The lowest BCUT2D eigenvalue weighted by molar-refractivity contribution is -0.118. The van der Waals surface area contributed by atoms with Crippen LogP contribution in [0, 0.1) is 11.7 Å². The molecule has 0 bridgehead atoms. The van der Waals surface area contributed by atoms with Gasteiger partial charge in [0.25, 0.3) is 0 Å². The zero-order valence-corrected chi connectivity index (χ0v) is 14.2. The van der Waals surface area contributed by atoms with Gasteiger partial charge in [-0.1, -0.05) is 39.7 Å². The van der Waals surface area contributed by atoms with E-state index in [1.807, 2.05) is 19.1 Å². The van der Waals surface area contributed by atoms with Crippen LogP contribution >= 0.6 is 0 Å². The normalized spacial score (nSPS) is 12.2. The number of hydrogen-bond acceptors (Lipinski definition) is 2. The van der Waals surface area contributed by atoms with Gasteiger partial charge in [0.05, 0.1) is 6.61 Å². The molecule has 3 heteroatoms. The Morgan fingerprint density at radius 3 is 2.68 bits per heavy atom. The molecule has 0 aliphatic heterocycles. The van der Waals surface area contributed by atoms with Crippen LogP contribution in [0.5, 0.6) is 5.75 Å². The quantitative estimate of drug-likeness (QED) is 0.516. The number of ether oxygens (including phenoxy) is 1. The molecular weight excluding hydrogens is 279 g/mol. The number of carbonyl (C=O) groups excluding carboxylic acids is 1. The third-order valence-electron chi connectivity index (χ3n) is 4.03. The summed E-state index contributed by atoms with van der Waals surface area (Å²) in [6.45, 7) is 6.65. The molecule has 0 fully saturated rings. The summed E-state index contributed by atoms with van der Waals surface area (Å²) in [4.78, 5) is 11.2. The SMILES string of the molecule is CCC(=O)CCCCCc1ccc(F)c(OCC(C)CC)c1. The highest BCUT2D eigenvalue weighted by Crippen LogP contribution is 2.21. The maximum absolute atomic E-state index is 13.7. The van der Waals surface area contributed by atoms with Gasteiger partial charge < -0.3 is 4.74 Å². The number of ketones is 1. The topological polar surface area (TPSA) is 26.3 Å². The highest BCUT2D eigenvalue weighted by atomic mass is 19.1. The number of hydrogen-bond donors (Lipinski definition) is 0. The van der Waals surface area contributed by atoms with Crippen LogP contribution in [0.15, 0.2) is 18.2 Å². The molecule has 1 aromatic rings. The Hall–Kier alpha value is -1.38. The van der Waals surface area contributed by atoms with Gasteiger partial charge in [-0.25, -0.2) is 4.39 Å². The lowest BCUT2D eigenvalue weighted by Gasteiger charge is -2.12. The second kappa shape index (κ2) is 10.4. The Morgan fingerprint density at radius 1 is 1.23 bits per heavy atom. The summed E-state index contributed by atoms with van der Waals surface area (Å²) in [5.74, 6) is 0.834. The van der Waals surface area contributed by atoms with Gasteiger partial charge in [0.1, 0.15) is 5.78 Å². The number of rotatable bonds is 11. The van der Waals surface area contributed by atoms with Crippen LogP contribution < -0.4 is 4.74 Å². The van der Waals surface area contributed by atoms with Gasteiger partial charge in [-0.05, 0) is 42.9 Å². The first-order valence-corrected chi connectivity index (χ1v) is 8.49. The monoisotopic (exact) mass is 308 g/mol. The molecule has 1 rings (SSSR count). The van der Waals surface area contributed by atoms with Crippen LogP contribution in [-0.4, -0.2) is 12.4 Å². The number of Topliss-reactive ketones (excluding diaryl/α,β-unsaturated/α-hetero) is 1. The number of benzene rings is 1. The molecule has 124 valence electrons. The average molecular weight is 308 g/mol. The maximum atomic E-state index is 13.7. The van der Waals surface area contributed by atoms with Crippen molar-refractivity contribution in [2.75, 3.05) is 6.61 Å². The predicted molar refractivity (Wildman–Crippen MR) is 88.8 cm³/mol. The Balaban J connectivity index is 2.39. The molecule has 0 amide bonds. The van der Waals surface area contributed by atoms with Crippen LogP contribution in [0.1, 0.15) is 64.9 Å². The molecule has 1 aromatic carbocycles. The van der Waals surface area contributed by atoms with Crippen molar-refractivity contribution >= 4 is 5.78 Å². The van der Waals surface area contributed by atoms with Crippen molar-refractivity contribution in [1.82, 2.24) is 0 Å². The average Bonchev–Trinajstić information content (AvgIpc) is 2.53. The van der Waals surface area contributed by atoms with Gasteiger partial charge in [0, 0.05) is 12.8 Å². The van der Waals surface area contributed by atoms with Gasteiger partial charge in [0.15, 0.2) is 11.6 Å². The van der Waals surface area contributed by atoms with E-state index in [9.17, 15) is 9.18 Å². The van der Waals surface area contributed by atoms with Gasteiger partial charge in [-0.15, -0.1) is 0 Å². The predicted octanol–water partition coefficient (Wildman–Crippen LogP) is 5.33. The van der Waals surface area contributed by atoms with Crippen molar-refractivity contribution in [2.24, 2.45) is 5.92 Å². The third-order valence-corrected chi connectivity index (χ3v) is 4.03. The van der Waals surface area contributed by atoms with Crippen molar-refractivity contribution < 1.29 is 13.9 Å². The number of aryl methyl sites for hydroxylation is 1. The molecular formula is C19H29FO2. The second-order valence-electron chi connectivity index (χ2n) is 6.04. The maximum Gasteiger partial charge on any atom is 0.165 e. The largest absolute Gasteiger partial charge is 0.490 e. The molecule has 0 aliphatic carbocycles. The molecule has 0 saturated heterocycles. The Kier molecular flexibility index (Phi) is 8.79. The minimum Gasteiger partial charge on any atom is -0.490 e. The zero-order valence-electron chi connectivity index (χ0n) is 14.2. The highest BCUT2D eigenvalue weighted by molar-refractivity contribution is 5.77. The van der Waals surface area contributed by atoms with Crippen LogP contribution in [-0.2, 0) is 11.2 Å². The lowest BCUT2D eigenvalue weighted by Crippen LogP contribution is -2.08. The van der Waals surface area contributed by atoms with Crippen LogP contribution in [0.25, 0.3) is 0 Å². The standard InChI is InChI=1S/C19H29FO2/c1-4-15(3)14-22-19-13-16(11-12-18(19)20)9-7-6-8-10-17(21)5-2/h11-13,15H,4-10,14H2,1-3H3. The summed E-state index contributed by atoms with van der Waals surface area (Å²) >= 11 is 0. The fourth-order valence-corrected chi connectivity index (χ4v) is 2.17. The highest BCUT2D eigenvalue weighted by Gasteiger charge is 2.07. The summed E-state index contributed by atoms with van der Waals surface area (Å²) in [6.07, 6.45) is 6.25. The van der Waals surface area contributed by atoms with E-state index < -0.39 is 0 Å². The molecule has 0 N–H and O–H groups in total. The summed E-state index contributed by atoms with van der Waals surface area (Å²) < 4.78 is 19.3. The van der Waals surface area contributed by atoms with Crippen molar-refractivity contribution in [1.29, 1.82) is 0 Å². The summed E-state index contributed by atoms with van der Waals surface area (Å²) in [5, 5.41) is 0. The zero-order chi connectivity index (χ0) is 16.4. The van der Waals surface area contributed by atoms with E-state index in [4.69, 9.17) is 4.74 Å². The Bertz CT molecular complexity index is 457. The van der Waals surface area contributed by atoms with Gasteiger partial charge in [0.2, 0.25) is 0 Å². The molecule has 0 heterocycles. The molecule has 0 aromatic heterocycles. The summed E-state index contributed by atoms with van der Waals surface area (Å²) in [5.41, 5.74) is 1.10. The smallest absolute Gasteiger partial charge is 0.165 e. The molecule has 0 aliphatic rings. The van der Waals surface area contributed by atoms with Crippen LogP contribution in [0.2, 0.25) is 0 Å². The Labute approximate surface area is 134 Å². The molecule has 0 spiro atoms. The number of unbranched alkanes of at least 4 members (excludes halogenated alkanes) is 2. The molecule has 0 saturated carbocycles. The van der Waals surface area contributed by atoms with Gasteiger partial charge in [-0.3, -0.25) is 4.79 Å². The van der Waals surface area contributed by atoms with E-state index in [1.165, 1.54) is 6.07 Å². The fraction of sp³-hybridized carbons (Fsp3) is 0.632. The Morgan fingerprint density at radius 2 is 2.00 bits per heavy atom. The first-order chi connectivity index (χ1) is 10.6. The van der Waals surface area contributed by atoms with Crippen molar-refractivity contribution in [2.45, 2.75) is 65.7 Å². The minimum absolute atomic E-state index is 0.291. The van der Waals surface area contributed by atoms with Crippen LogP contribution in [0.4, 0.5) is 4.39 Å². The third kappa shape index (κ3) is 7.06. The van der Waals surface area contributed by atoms with E-state index in [0.717, 1.165) is 37.7 Å². The molecule has 2 nitrogen and oxygen atoms in total. The molecule has 22 heavy (non-hydrogen) atoms. The van der Waals surface area contributed by atoms with Crippen molar-refractivity contribution in [3.8, 4) is 5.75 Å². The molecule has 1 unspecified atom stereocenters. The first-order valence-electron chi connectivity index (χ1n) is 8.49. The van der Waals surface area contributed by atoms with Gasteiger partial charge in [-0.2, -0.15) is 0 Å². The van der Waals surface area contributed by atoms with Crippen molar-refractivity contribution in [3.63, 3.8) is 0 Å². The van der Waals surface area contributed by atoms with Gasteiger partial charge >= 0.3 is 0 Å². The fourth-order valence-electron chi connectivity index (χ4n) is 2.17. The minimum atomic E-state index is -0.291.